The van der Waals surface area contributed by atoms with E-state index >= 15 is 0 Å². The van der Waals surface area contributed by atoms with Gasteiger partial charge in [-0.3, -0.25) is 0 Å². The lowest BCUT2D eigenvalue weighted by Crippen LogP contribution is -2.17. The Morgan fingerprint density at radius 2 is 2.32 bits per heavy atom. The van der Waals surface area contributed by atoms with Gasteiger partial charge in [-0.2, -0.15) is 0 Å². The van der Waals surface area contributed by atoms with Crippen LogP contribution in [-0.4, -0.2) is 23.2 Å². The summed E-state index contributed by atoms with van der Waals surface area (Å²) in [7, 11) is 1.45. The van der Waals surface area contributed by atoms with E-state index in [1.54, 1.807) is 12.1 Å². The third kappa shape index (κ3) is 2.10. The molecular formula is C13H13BrFN3O. The number of hydrogen-bond acceptors (Lipinski definition) is 3. The molecule has 100 valence electrons. The van der Waals surface area contributed by atoms with E-state index in [4.69, 9.17) is 4.74 Å². The lowest BCUT2D eigenvalue weighted by Gasteiger charge is -2.15. The van der Waals surface area contributed by atoms with E-state index in [-0.39, 0.29) is 11.6 Å². The van der Waals surface area contributed by atoms with Crippen LogP contribution in [0.3, 0.4) is 0 Å². The number of rotatable bonds is 2. The Hall–Kier alpha value is -1.56. The first-order valence-electron chi connectivity index (χ1n) is 6.04. The molecule has 0 saturated heterocycles. The molecule has 0 unspecified atom stereocenters. The molecule has 0 fully saturated rings. The zero-order valence-corrected chi connectivity index (χ0v) is 12.0. The second kappa shape index (κ2) is 4.85. The molecule has 6 heteroatoms. The largest absolute Gasteiger partial charge is 0.494 e. The highest BCUT2D eigenvalue weighted by atomic mass is 79.9. The quantitative estimate of drug-likeness (QED) is 0.921. The predicted molar refractivity (Wildman–Crippen MR) is 75.0 cm³/mol. The molecule has 0 aliphatic carbocycles. The Bertz CT molecular complexity index is 627. The van der Waals surface area contributed by atoms with Crippen molar-refractivity contribution in [1.82, 2.24) is 9.55 Å². The van der Waals surface area contributed by atoms with Crippen molar-refractivity contribution in [3.05, 3.63) is 28.6 Å². The summed E-state index contributed by atoms with van der Waals surface area (Å²) in [5.74, 6) is 0.678. The third-order valence-electron chi connectivity index (χ3n) is 3.17. The van der Waals surface area contributed by atoms with Gasteiger partial charge in [-0.1, -0.05) is 0 Å². The number of anilines is 1. The van der Waals surface area contributed by atoms with Gasteiger partial charge in [-0.25, -0.2) is 9.37 Å². The number of aromatic nitrogens is 2. The maximum atomic E-state index is 13.8. The number of nitrogens with one attached hydrogen (secondary N) is 1. The first-order valence-corrected chi connectivity index (χ1v) is 6.84. The van der Waals surface area contributed by atoms with Crippen LogP contribution in [-0.2, 0) is 6.54 Å². The van der Waals surface area contributed by atoms with Crippen LogP contribution in [0.15, 0.2) is 22.8 Å². The number of imidazole rings is 1. The smallest absolute Gasteiger partial charge is 0.204 e. The van der Waals surface area contributed by atoms with Crippen molar-refractivity contribution in [2.75, 3.05) is 19.0 Å². The Kier molecular flexibility index (Phi) is 3.18. The molecule has 4 nitrogen and oxygen atoms in total. The van der Waals surface area contributed by atoms with Crippen LogP contribution in [0.4, 0.5) is 10.3 Å². The third-order valence-corrected chi connectivity index (χ3v) is 3.98. The topological polar surface area (TPSA) is 39.1 Å². The molecule has 1 aromatic heterocycles. The van der Waals surface area contributed by atoms with Crippen LogP contribution < -0.4 is 10.1 Å². The summed E-state index contributed by atoms with van der Waals surface area (Å²) >= 11 is 3.54. The average molecular weight is 326 g/mol. The summed E-state index contributed by atoms with van der Waals surface area (Å²) in [6, 6.07) is 4.86. The van der Waals surface area contributed by atoms with Crippen LogP contribution in [0.5, 0.6) is 5.75 Å². The summed E-state index contributed by atoms with van der Waals surface area (Å²) in [6.45, 7) is 1.83. The molecule has 1 aliphatic heterocycles. The van der Waals surface area contributed by atoms with E-state index in [0.29, 0.717) is 0 Å². The molecule has 19 heavy (non-hydrogen) atoms. The highest BCUT2D eigenvalue weighted by Crippen LogP contribution is 2.34. The fourth-order valence-electron chi connectivity index (χ4n) is 2.21. The zero-order valence-electron chi connectivity index (χ0n) is 10.4. The minimum Gasteiger partial charge on any atom is -0.494 e. The molecule has 0 saturated carbocycles. The number of nitrogens with zero attached hydrogens (tertiary/aromatic N) is 2. The van der Waals surface area contributed by atoms with Gasteiger partial charge < -0.3 is 14.6 Å². The van der Waals surface area contributed by atoms with E-state index < -0.39 is 0 Å². The van der Waals surface area contributed by atoms with E-state index in [1.807, 2.05) is 0 Å². The van der Waals surface area contributed by atoms with Crippen molar-refractivity contribution in [2.45, 2.75) is 13.0 Å². The number of hydrogen-bond donors (Lipinski definition) is 1. The molecule has 0 amide bonds. The molecule has 0 spiro atoms. The minimum atomic E-state index is -0.383. The fourth-order valence-corrected chi connectivity index (χ4v) is 2.87. The number of ether oxygens (including phenoxy) is 1. The molecule has 2 heterocycles. The lowest BCUT2D eigenvalue weighted by molar-refractivity contribution is 0.386. The maximum Gasteiger partial charge on any atom is 0.204 e. The van der Waals surface area contributed by atoms with E-state index in [9.17, 15) is 4.39 Å². The molecular weight excluding hydrogens is 313 g/mol. The number of benzene rings is 1. The van der Waals surface area contributed by atoms with Gasteiger partial charge >= 0.3 is 0 Å². The van der Waals surface area contributed by atoms with Gasteiger partial charge in [0.1, 0.15) is 10.3 Å². The number of methoxy groups -OCH3 is 1. The van der Waals surface area contributed by atoms with Crippen LogP contribution >= 0.6 is 15.9 Å². The van der Waals surface area contributed by atoms with Crippen molar-refractivity contribution in [3.63, 3.8) is 0 Å². The normalized spacial score (nSPS) is 13.8. The van der Waals surface area contributed by atoms with Crippen LogP contribution in [0.1, 0.15) is 6.42 Å². The van der Waals surface area contributed by atoms with Gasteiger partial charge in [0, 0.05) is 18.7 Å². The van der Waals surface area contributed by atoms with Crippen molar-refractivity contribution in [3.8, 4) is 17.0 Å². The highest BCUT2D eigenvalue weighted by Gasteiger charge is 2.19. The Balaban J connectivity index is 2.07. The monoisotopic (exact) mass is 325 g/mol. The zero-order chi connectivity index (χ0) is 13.4. The maximum absolute atomic E-state index is 13.8. The van der Waals surface area contributed by atoms with E-state index in [1.165, 1.54) is 13.2 Å². The van der Waals surface area contributed by atoms with Gasteiger partial charge in [-0.05, 0) is 40.5 Å². The predicted octanol–water partition coefficient (Wildman–Crippen LogP) is 3.28. The summed E-state index contributed by atoms with van der Waals surface area (Å²) in [5, 5.41) is 3.23. The molecule has 3 rings (SSSR count). The Labute approximate surface area is 118 Å². The number of fused-ring (bicyclic) bond motifs is 1. The first-order chi connectivity index (χ1) is 9.20. The first kappa shape index (κ1) is 12.5. The molecule has 2 aromatic rings. The van der Waals surface area contributed by atoms with Gasteiger partial charge in [0.05, 0.1) is 7.11 Å². The van der Waals surface area contributed by atoms with Crippen molar-refractivity contribution in [1.29, 1.82) is 0 Å². The molecule has 0 bridgehead atoms. The molecule has 1 aliphatic rings. The highest BCUT2D eigenvalue weighted by molar-refractivity contribution is 9.10. The van der Waals surface area contributed by atoms with Crippen LogP contribution in [0, 0.1) is 5.82 Å². The van der Waals surface area contributed by atoms with Crippen molar-refractivity contribution >= 4 is 21.9 Å². The van der Waals surface area contributed by atoms with E-state index in [0.717, 1.165) is 41.3 Å². The second-order valence-corrected chi connectivity index (χ2v) is 5.11. The summed E-state index contributed by atoms with van der Waals surface area (Å²) in [4.78, 5) is 4.51. The molecule has 0 radical (unpaired) electrons. The second-order valence-electron chi connectivity index (χ2n) is 4.36. The van der Waals surface area contributed by atoms with Gasteiger partial charge in [0.2, 0.25) is 5.95 Å². The standard InChI is InChI=1S/C13H13BrFN3O/c1-19-10-4-3-8(7-9(10)15)11-12(14)18-6-2-5-16-13(18)17-11/h3-4,7H,2,5-6H2,1H3,(H,16,17). The molecule has 0 atom stereocenters. The summed E-state index contributed by atoms with van der Waals surface area (Å²) < 4.78 is 21.6. The van der Waals surface area contributed by atoms with Gasteiger partial charge in [0.15, 0.2) is 11.6 Å². The van der Waals surface area contributed by atoms with E-state index in [2.05, 4.69) is 30.8 Å². The van der Waals surface area contributed by atoms with Crippen LogP contribution in [0.2, 0.25) is 0 Å². The molecule has 1 aromatic carbocycles. The van der Waals surface area contributed by atoms with Gasteiger partial charge in [-0.15, -0.1) is 0 Å². The Morgan fingerprint density at radius 3 is 3.00 bits per heavy atom. The van der Waals surface area contributed by atoms with Crippen molar-refractivity contribution in [2.24, 2.45) is 0 Å². The van der Waals surface area contributed by atoms with Crippen molar-refractivity contribution < 1.29 is 9.13 Å². The number of halogens is 2. The van der Waals surface area contributed by atoms with Crippen LogP contribution in [0.25, 0.3) is 11.3 Å². The SMILES string of the molecule is COc1ccc(-c2nc3n(c2Br)CCCN3)cc1F. The molecule has 1 N–H and O–H groups in total. The lowest BCUT2D eigenvalue weighted by atomic mass is 10.1. The summed E-state index contributed by atoms with van der Waals surface area (Å²) in [6.07, 6.45) is 1.05. The fraction of sp³-hybridized carbons (Fsp3) is 0.308. The summed E-state index contributed by atoms with van der Waals surface area (Å²) in [5.41, 5.74) is 1.47. The average Bonchev–Trinajstić information content (AvgIpc) is 2.77. The Morgan fingerprint density at radius 1 is 1.47 bits per heavy atom. The minimum absolute atomic E-state index is 0.238. The van der Waals surface area contributed by atoms with Gasteiger partial charge in [0.25, 0.3) is 0 Å².